The van der Waals surface area contributed by atoms with E-state index in [1.165, 1.54) is 12.5 Å². The van der Waals surface area contributed by atoms with Crippen LogP contribution in [0.1, 0.15) is 19.4 Å². The van der Waals surface area contributed by atoms with E-state index in [-0.39, 0.29) is 5.91 Å². The Morgan fingerprint density at radius 2 is 1.72 bits per heavy atom. The number of anilines is 3. The minimum Gasteiger partial charge on any atom is -0.495 e. The number of hydrogen-bond donors (Lipinski definition) is 1. The first-order valence-electron chi connectivity index (χ1n) is 10.5. The monoisotopic (exact) mass is 453 g/mol. The molecule has 0 saturated heterocycles. The van der Waals surface area contributed by atoms with Gasteiger partial charge in [-0.1, -0.05) is 48.0 Å². The number of nitrogens with zero attached hydrogens (tertiary/aromatic N) is 2. The summed E-state index contributed by atoms with van der Waals surface area (Å²) in [5.74, 6) is 0.717. The zero-order chi connectivity index (χ0) is 23.5. The number of carbonyl (C=O) groups is 1. The van der Waals surface area contributed by atoms with E-state index in [0.717, 1.165) is 40.9 Å². The van der Waals surface area contributed by atoms with Crippen LogP contribution in [0.25, 0.3) is 0 Å². The Morgan fingerprint density at radius 1 is 1.00 bits per heavy atom. The Kier molecular flexibility index (Phi) is 9.89. The average molecular weight is 454 g/mol. The number of amides is 1. The molecule has 3 aromatic rings. The summed E-state index contributed by atoms with van der Waals surface area (Å²) in [6, 6.07) is 23.7. The van der Waals surface area contributed by atoms with Crippen molar-refractivity contribution in [2.45, 2.75) is 20.4 Å². The molecule has 0 radical (unpaired) electrons. The third-order valence-electron chi connectivity index (χ3n) is 4.76. The molecule has 170 valence electrons. The summed E-state index contributed by atoms with van der Waals surface area (Å²) in [5, 5.41) is 3.60. The number of hydrogen-bond acceptors (Lipinski definition) is 4. The lowest BCUT2D eigenvalue weighted by atomic mass is 10.1. The van der Waals surface area contributed by atoms with Crippen LogP contribution in [0.5, 0.6) is 5.75 Å². The van der Waals surface area contributed by atoms with E-state index < -0.39 is 0 Å². The molecule has 0 aliphatic carbocycles. The molecule has 0 aliphatic heterocycles. The van der Waals surface area contributed by atoms with Gasteiger partial charge in [0.1, 0.15) is 5.75 Å². The van der Waals surface area contributed by atoms with Gasteiger partial charge in [0.15, 0.2) is 0 Å². The second kappa shape index (κ2) is 12.6. The summed E-state index contributed by atoms with van der Waals surface area (Å²) < 4.78 is 5.47. The summed E-state index contributed by atoms with van der Waals surface area (Å²) >= 11 is 5.76. The van der Waals surface area contributed by atoms with Crippen LogP contribution in [-0.4, -0.2) is 33.7 Å². The third kappa shape index (κ3) is 7.82. The number of nitrogens with one attached hydrogen (secondary N) is 1. The number of carbonyl (C=O) groups excluding carboxylic acids is 1. The number of methoxy groups -OCH3 is 1. The second-order valence-electron chi connectivity index (χ2n) is 7.44. The van der Waals surface area contributed by atoms with Crippen LogP contribution in [0.4, 0.5) is 17.1 Å². The highest BCUT2D eigenvalue weighted by Crippen LogP contribution is 2.32. The van der Waals surface area contributed by atoms with Crippen molar-refractivity contribution >= 4 is 34.6 Å². The third-order valence-corrected chi connectivity index (χ3v) is 5.00. The first kappa shape index (κ1) is 25.1. The van der Waals surface area contributed by atoms with Crippen LogP contribution in [0.15, 0.2) is 72.8 Å². The summed E-state index contributed by atoms with van der Waals surface area (Å²) in [6.45, 7) is 5.24. The molecule has 1 N–H and O–H groups in total. The summed E-state index contributed by atoms with van der Waals surface area (Å²) in [4.78, 5) is 15.5. The molecule has 32 heavy (non-hydrogen) atoms. The molecule has 0 bridgehead atoms. The molecule has 0 spiro atoms. The summed E-state index contributed by atoms with van der Waals surface area (Å²) in [7, 11) is 5.64. The van der Waals surface area contributed by atoms with E-state index in [1.54, 1.807) is 7.11 Å². The average Bonchev–Trinajstić information content (AvgIpc) is 2.78. The number of ether oxygens (including phenoxy) is 1. The van der Waals surface area contributed by atoms with E-state index in [0.29, 0.717) is 0 Å². The van der Waals surface area contributed by atoms with Crippen LogP contribution in [-0.2, 0) is 11.3 Å². The highest BCUT2D eigenvalue weighted by molar-refractivity contribution is 6.30. The number of benzene rings is 3. The lowest BCUT2D eigenvalue weighted by Crippen LogP contribution is -2.22. The SMILES string of the molecule is CCN(Cc1ccccc1)c1cc(NC(C)=O)ccc1OC.CN(C)c1cccc(Cl)c1. The molecule has 0 aromatic heterocycles. The fourth-order valence-electron chi connectivity index (χ4n) is 3.14. The molecular formula is C26H32ClN3O2. The van der Waals surface area contributed by atoms with Gasteiger partial charge >= 0.3 is 0 Å². The maximum atomic E-state index is 11.3. The van der Waals surface area contributed by atoms with Crippen LogP contribution in [0, 0.1) is 0 Å². The van der Waals surface area contributed by atoms with Gasteiger partial charge in [-0.3, -0.25) is 4.79 Å². The van der Waals surface area contributed by atoms with E-state index in [9.17, 15) is 4.79 Å². The second-order valence-corrected chi connectivity index (χ2v) is 7.88. The molecule has 3 aromatic carbocycles. The fourth-order valence-corrected chi connectivity index (χ4v) is 3.33. The molecule has 5 nitrogen and oxygen atoms in total. The predicted molar refractivity (Wildman–Crippen MR) is 136 cm³/mol. The van der Waals surface area contributed by atoms with E-state index in [4.69, 9.17) is 16.3 Å². The highest BCUT2D eigenvalue weighted by Gasteiger charge is 2.12. The zero-order valence-corrected chi connectivity index (χ0v) is 20.2. The molecule has 3 rings (SSSR count). The first-order chi connectivity index (χ1) is 15.3. The van der Waals surface area contributed by atoms with E-state index >= 15 is 0 Å². The standard InChI is InChI=1S/C18H22N2O2.C8H10ClN/c1-4-20(13-15-8-6-5-7-9-15)17-12-16(19-14(2)21)10-11-18(17)22-3;1-10(2)8-5-3-4-7(9)6-8/h5-12H,4,13H2,1-3H3,(H,19,21);3-6H,1-2H3. The normalized spacial score (nSPS) is 9.94. The van der Waals surface area contributed by atoms with Crippen molar-refractivity contribution in [3.8, 4) is 5.75 Å². The summed E-state index contributed by atoms with van der Waals surface area (Å²) in [5.41, 5.74) is 4.11. The van der Waals surface area contributed by atoms with Crippen LogP contribution >= 0.6 is 11.6 Å². The topological polar surface area (TPSA) is 44.8 Å². The molecule has 0 unspecified atom stereocenters. The van der Waals surface area contributed by atoms with Gasteiger partial charge in [0.2, 0.25) is 5.91 Å². The number of halogens is 1. The Bertz CT molecular complexity index is 993. The van der Waals surface area contributed by atoms with Gasteiger partial charge in [-0.05, 0) is 48.9 Å². The lowest BCUT2D eigenvalue weighted by molar-refractivity contribution is -0.114. The van der Waals surface area contributed by atoms with Gasteiger partial charge in [-0.25, -0.2) is 0 Å². The fraction of sp³-hybridized carbons (Fsp3) is 0.269. The van der Waals surface area contributed by atoms with Crippen molar-refractivity contribution in [3.63, 3.8) is 0 Å². The van der Waals surface area contributed by atoms with Gasteiger partial charge in [-0.15, -0.1) is 0 Å². The van der Waals surface area contributed by atoms with Gasteiger partial charge < -0.3 is 19.9 Å². The van der Waals surface area contributed by atoms with Gasteiger partial charge in [0.25, 0.3) is 0 Å². The molecule has 0 fully saturated rings. The minimum atomic E-state index is -0.0813. The van der Waals surface area contributed by atoms with Gasteiger partial charge in [0, 0.05) is 50.5 Å². The quantitative estimate of drug-likeness (QED) is 0.470. The zero-order valence-electron chi connectivity index (χ0n) is 19.4. The Morgan fingerprint density at radius 3 is 2.25 bits per heavy atom. The van der Waals surface area contributed by atoms with Crippen molar-refractivity contribution in [2.24, 2.45) is 0 Å². The van der Waals surface area contributed by atoms with Crippen LogP contribution in [0.2, 0.25) is 5.02 Å². The largest absolute Gasteiger partial charge is 0.495 e. The number of rotatable bonds is 7. The van der Waals surface area contributed by atoms with Crippen LogP contribution in [0.3, 0.4) is 0 Å². The molecule has 0 aliphatic rings. The Hall–Kier alpha value is -3.18. The predicted octanol–water partition coefficient (Wildman–Crippen LogP) is 6.09. The van der Waals surface area contributed by atoms with Crippen molar-refractivity contribution < 1.29 is 9.53 Å². The summed E-state index contributed by atoms with van der Waals surface area (Å²) in [6.07, 6.45) is 0. The van der Waals surface area contributed by atoms with Crippen molar-refractivity contribution in [1.29, 1.82) is 0 Å². The Labute approximate surface area is 196 Å². The maximum Gasteiger partial charge on any atom is 0.221 e. The van der Waals surface area contributed by atoms with E-state index in [1.807, 2.05) is 79.7 Å². The molecule has 0 atom stereocenters. The molecule has 0 heterocycles. The molecule has 0 saturated carbocycles. The van der Waals surface area contributed by atoms with Crippen molar-refractivity contribution in [3.05, 3.63) is 83.4 Å². The van der Waals surface area contributed by atoms with Gasteiger partial charge in [-0.2, -0.15) is 0 Å². The van der Waals surface area contributed by atoms with Crippen LogP contribution < -0.4 is 19.9 Å². The molecule has 6 heteroatoms. The van der Waals surface area contributed by atoms with Gasteiger partial charge in [0.05, 0.1) is 12.8 Å². The minimum absolute atomic E-state index is 0.0813. The molecule has 1 amide bonds. The van der Waals surface area contributed by atoms with E-state index in [2.05, 4.69) is 29.3 Å². The van der Waals surface area contributed by atoms with Crippen molar-refractivity contribution in [2.75, 3.05) is 42.9 Å². The highest BCUT2D eigenvalue weighted by atomic mass is 35.5. The Balaban J connectivity index is 0.000000303. The van der Waals surface area contributed by atoms with Crippen molar-refractivity contribution in [1.82, 2.24) is 0 Å². The smallest absolute Gasteiger partial charge is 0.221 e. The first-order valence-corrected chi connectivity index (χ1v) is 10.9. The maximum absolute atomic E-state index is 11.3. The molecular weight excluding hydrogens is 422 g/mol. The lowest BCUT2D eigenvalue weighted by Gasteiger charge is -2.26.